The summed E-state index contributed by atoms with van der Waals surface area (Å²) in [5.74, 6) is 1.61. The van der Waals surface area contributed by atoms with Gasteiger partial charge in [0.25, 0.3) is 0 Å². The highest BCUT2D eigenvalue weighted by atomic mass is 15.4. The molecule has 0 bridgehead atoms. The van der Waals surface area contributed by atoms with Crippen molar-refractivity contribution in [2.45, 2.75) is 25.2 Å². The maximum Gasteiger partial charge on any atom is 0.157 e. The van der Waals surface area contributed by atoms with Gasteiger partial charge in [-0.05, 0) is 43.9 Å². The van der Waals surface area contributed by atoms with E-state index in [1.165, 1.54) is 12.8 Å². The zero-order chi connectivity index (χ0) is 12.9. The van der Waals surface area contributed by atoms with Crippen LogP contribution in [0, 0.1) is 12.8 Å². The fraction of sp³-hybridized carbons (Fsp3) is 0.500. The van der Waals surface area contributed by atoms with Gasteiger partial charge in [-0.3, -0.25) is 0 Å². The van der Waals surface area contributed by atoms with E-state index in [1.807, 2.05) is 23.7 Å². The molecule has 3 heterocycles. The molecule has 5 heteroatoms. The van der Waals surface area contributed by atoms with E-state index in [-0.39, 0.29) is 5.41 Å². The summed E-state index contributed by atoms with van der Waals surface area (Å²) < 4.78 is 1.81. The summed E-state index contributed by atoms with van der Waals surface area (Å²) in [6, 6.07) is 3.99. The Kier molecular flexibility index (Phi) is 2.26. The molecule has 0 unspecified atom stereocenters. The first-order chi connectivity index (χ1) is 9.29. The Morgan fingerprint density at radius 3 is 3.16 bits per heavy atom. The number of nitrogens with one attached hydrogen (secondary N) is 1. The first-order valence-electron chi connectivity index (χ1n) is 6.85. The molecule has 0 radical (unpaired) electrons. The van der Waals surface area contributed by atoms with E-state index >= 15 is 0 Å². The zero-order valence-corrected chi connectivity index (χ0v) is 11.0. The standard InChI is InChI=1S/C14H17N5/c1-10-3-2-6-16-13(10)19-8-12(17-18-19)14-5-4-11(14)7-15-9-14/h2-3,6,8,11,15H,4-5,7,9H2,1H3/t11-,14-/m0/s1. The lowest BCUT2D eigenvalue weighted by Gasteiger charge is -2.42. The number of aryl methyl sites for hydroxylation is 1. The molecule has 2 atom stereocenters. The van der Waals surface area contributed by atoms with Gasteiger partial charge in [-0.1, -0.05) is 11.3 Å². The Labute approximate surface area is 112 Å². The monoisotopic (exact) mass is 255 g/mol. The molecule has 0 aromatic carbocycles. The molecule has 0 amide bonds. The molecular weight excluding hydrogens is 238 g/mol. The van der Waals surface area contributed by atoms with Crippen LogP contribution in [0.4, 0.5) is 0 Å². The lowest BCUT2D eigenvalue weighted by atomic mass is 9.60. The highest BCUT2D eigenvalue weighted by Crippen LogP contribution is 2.50. The van der Waals surface area contributed by atoms with E-state index in [2.05, 4.69) is 26.8 Å². The number of hydrogen-bond acceptors (Lipinski definition) is 4. The smallest absolute Gasteiger partial charge is 0.157 e. The Hall–Kier alpha value is -1.75. The molecule has 2 aromatic rings. The van der Waals surface area contributed by atoms with E-state index < -0.39 is 0 Å². The maximum absolute atomic E-state index is 4.42. The minimum absolute atomic E-state index is 0.237. The average molecular weight is 255 g/mol. The first-order valence-corrected chi connectivity index (χ1v) is 6.85. The lowest BCUT2D eigenvalue weighted by molar-refractivity contribution is 0.176. The highest BCUT2D eigenvalue weighted by molar-refractivity contribution is 5.33. The third-order valence-corrected chi connectivity index (χ3v) is 4.75. The van der Waals surface area contributed by atoms with Gasteiger partial charge in [0.05, 0.1) is 11.9 Å². The van der Waals surface area contributed by atoms with Gasteiger partial charge in [-0.2, -0.15) is 0 Å². The molecule has 1 aliphatic heterocycles. The fourth-order valence-electron chi connectivity index (χ4n) is 3.44. The molecule has 5 nitrogen and oxygen atoms in total. The van der Waals surface area contributed by atoms with Crippen molar-refractivity contribution in [1.29, 1.82) is 0 Å². The second-order valence-corrected chi connectivity index (χ2v) is 5.71. The highest BCUT2D eigenvalue weighted by Gasteiger charge is 2.52. The van der Waals surface area contributed by atoms with E-state index in [1.54, 1.807) is 6.20 Å². The second kappa shape index (κ2) is 3.87. The van der Waals surface area contributed by atoms with Crippen LogP contribution in [0.5, 0.6) is 0 Å². The quantitative estimate of drug-likeness (QED) is 0.876. The minimum atomic E-state index is 0.237. The number of hydrogen-bond donors (Lipinski definition) is 1. The molecule has 98 valence electrons. The van der Waals surface area contributed by atoms with Gasteiger partial charge >= 0.3 is 0 Å². The predicted octanol–water partition coefficient (Wildman–Crippen LogP) is 1.22. The zero-order valence-electron chi connectivity index (χ0n) is 11.0. The number of aromatic nitrogens is 4. The van der Waals surface area contributed by atoms with Crippen LogP contribution in [0.3, 0.4) is 0 Å². The third kappa shape index (κ3) is 1.48. The van der Waals surface area contributed by atoms with Crippen LogP contribution >= 0.6 is 0 Å². The Bertz CT molecular complexity index is 620. The molecule has 2 aliphatic rings. The van der Waals surface area contributed by atoms with Crippen LogP contribution in [0.1, 0.15) is 24.1 Å². The van der Waals surface area contributed by atoms with Gasteiger partial charge in [0.1, 0.15) is 0 Å². The van der Waals surface area contributed by atoms with Gasteiger partial charge in [-0.15, -0.1) is 5.10 Å². The summed E-state index contributed by atoms with van der Waals surface area (Å²) in [5, 5.41) is 12.2. The predicted molar refractivity (Wildman–Crippen MR) is 71.2 cm³/mol. The molecule has 2 aromatic heterocycles. The molecular formula is C14H17N5. The summed E-state index contributed by atoms with van der Waals surface area (Å²) in [4.78, 5) is 4.39. The molecule has 19 heavy (non-hydrogen) atoms. The summed E-state index contributed by atoms with van der Waals surface area (Å²) in [6.45, 7) is 4.21. The van der Waals surface area contributed by atoms with E-state index in [0.717, 1.165) is 36.1 Å². The van der Waals surface area contributed by atoms with Gasteiger partial charge in [-0.25, -0.2) is 9.67 Å². The van der Waals surface area contributed by atoms with Crippen molar-refractivity contribution in [1.82, 2.24) is 25.3 Å². The van der Waals surface area contributed by atoms with Crippen molar-refractivity contribution in [3.8, 4) is 5.82 Å². The summed E-state index contributed by atoms with van der Waals surface area (Å²) in [7, 11) is 0. The van der Waals surface area contributed by atoms with Gasteiger partial charge in [0.15, 0.2) is 5.82 Å². The van der Waals surface area contributed by atoms with Crippen LogP contribution < -0.4 is 5.32 Å². The van der Waals surface area contributed by atoms with Crippen LogP contribution in [0.2, 0.25) is 0 Å². The van der Waals surface area contributed by atoms with Crippen LogP contribution in [-0.2, 0) is 5.41 Å². The minimum Gasteiger partial charge on any atom is -0.315 e. The van der Waals surface area contributed by atoms with E-state index in [0.29, 0.717) is 0 Å². The summed E-state index contributed by atoms with van der Waals surface area (Å²) in [6.07, 6.45) is 6.40. The summed E-state index contributed by atoms with van der Waals surface area (Å²) in [5.41, 5.74) is 2.48. The van der Waals surface area contributed by atoms with E-state index in [9.17, 15) is 0 Å². The van der Waals surface area contributed by atoms with Crippen LogP contribution in [-0.4, -0.2) is 33.1 Å². The largest absolute Gasteiger partial charge is 0.315 e. The van der Waals surface area contributed by atoms with Gasteiger partial charge in [0, 0.05) is 18.2 Å². The van der Waals surface area contributed by atoms with Crippen LogP contribution in [0.15, 0.2) is 24.5 Å². The number of nitrogens with zero attached hydrogens (tertiary/aromatic N) is 4. The molecule has 1 saturated heterocycles. The molecule has 2 fully saturated rings. The van der Waals surface area contributed by atoms with Crippen molar-refractivity contribution in [2.75, 3.05) is 13.1 Å². The Morgan fingerprint density at radius 2 is 2.42 bits per heavy atom. The van der Waals surface area contributed by atoms with Crippen molar-refractivity contribution >= 4 is 0 Å². The van der Waals surface area contributed by atoms with Crippen molar-refractivity contribution in [3.63, 3.8) is 0 Å². The second-order valence-electron chi connectivity index (χ2n) is 5.71. The number of pyridine rings is 1. The Balaban J connectivity index is 1.73. The van der Waals surface area contributed by atoms with Crippen LogP contribution in [0.25, 0.3) is 5.82 Å². The molecule has 1 saturated carbocycles. The molecule has 1 aliphatic carbocycles. The number of fused-ring (bicyclic) bond motifs is 1. The van der Waals surface area contributed by atoms with Crippen molar-refractivity contribution in [3.05, 3.63) is 35.8 Å². The molecule has 4 rings (SSSR count). The van der Waals surface area contributed by atoms with Crippen molar-refractivity contribution < 1.29 is 0 Å². The number of rotatable bonds is 2. The van der Waals surface area contributed by atoms with E-state index in [4.69, 9.17) is 0 Å². The summed E-state index contributed by atoms with van der Waals surface area (Å²) >= 11 is 0. The third-order valence-electron chi connectivity index (χ3n) is 4.75. The molecule has 1 N–H and O–H groups in total. The first kappa shape index (κ1) is 11.1. The van der Waals surface area contributed by atoms with Gasteiger partial charge < -0.3 is 5.32 Å². The lowest BCUT2D eigenvalue weighted by Crippen LogP contribution is -2.44. The molecule has 0 spiro atoms. The Morgan fingerprint density at radius 1 is 1.47 bits per heavy atom. The van der Waals surface area contributed by atoms with Gasteiger partial charge in [0.2, 0.25) is 0 Å². The normalized spacial score (nSPS) is 29.0. The average Bonchev–Trinajstić information content (AvgIpc) is 2.97. The van der Waals surface area contributed by atoms with Crippen molar-refractivity contribution in [2.24, 2.45) is 5.92 Å². The maximum atomic E-state index is 4.42. The fourth-order valence-corrected chi connectivity index (χ4v) is 3.44. The SMILES string of the molecule is Cc1cccnc1-n1cc([C@]23CC[C@H]2CNC3)nn1. The topological polar surface area (TPSA) is 55.6 Å².